The molecule has 4 heteroatoms. The van der Waals surface area contributed by atoms with E-state index in [2.05, 4.69) is 19.1 Å². The summed E-state index contributed by atoms with van der Waals surface area (Å²) in [5.74, 6) is -0.660. The highest BCUT2D eigenvalue weighted by atomic mass is 16.5. The van der Waals surface area contributed by atoms with Gasteiger partial charge >= 0.3 is 11.9 Å². The van der Waals surface area contributed by atoms with E-state index in [-0.39, 0.29) is 5.97 Å². The van der Waals surface area contributed by atoms with Gasteiger partial charge in [0.2, 0.25) is 0 Å². The summed E-state index contributed by atoms with van der Waals surface area (Å²) < 4.78 is 5.41. The second-order valence-corrected chi connectivity index (χ2v) is 12.0. The summed E-state index contributed by atoms with van der Waals surface area (Å²) in [7, 11) is 0. The minimum atomic E-state index is -0.661. The molecule has 0 atom stereocenters. The first-order valence-corrected chi connectivity index (χ1v) is 17.7. The van der Waals surface area contributed by atoms with Crippen LogP contribution in [-0.2, 0) is 14.3 Å². The van der Waals surface area contributed by atoms with Crippen LogP contribution in [0.25, 0.3) is 0 Å². The zero-order valence-corrected chi connectivity index (χ0v) is 26.7. The van der Waals surface area contributed by atoms with E-state index in [4.69, 9.17) is 9.84 Å². The maximum absolute atomic E-state index is 11.9. The van der Waals surface area contributed by atoms with Crippen LogP contribution < -0.4 is 0 Å². The highest BCUT2D eigenvalue weighted by Gasteiger charge is 2.02. The predicted molar refractivity (Wildman–Crippen MR) is 172 cm³/mol. The van der Waals surface area contributed by atoms with Crippen LogP contribution in [0.15, 0.2) is 12.2 Å². The minimum Gasteiger partial charge on any atom is -0.481 e. The molecule has 0 spiro atoms. The van der Waals surface area contributed by atoms with E-state index in [1.807, 2.05) is 0 Å². The molecule has 0 aliphatic carbocycles. The Balaban J connectivity index is 3.16. The predicted octanol–water partition coefficient (Wildman–Crippen LogP) is 11.9. The molecular weight excluding hydrogens is 496 g/mol. The van der Waals surface area contributed by atoms with E-state index in [0.717, 1.165) is 32.1 Å². The fraction of sp³-hybridized carbons (Fsp3) is 0.889. The first-order chi connectivity index (χ1) is 19.7. The summed E-state index contributed by atoms with van der Waals surface area (Å²) in [5, 5.41) is 8.63. The molecule has 0 saturated heterocycles. The van der Waals surface area contributed by atoms with E-state index in [9.17, 15) is 9.59 Å². The molecule has 1 N–H and O–H groups in total. The molecule has 0 bridgehead atoms. The maximum Gasteiger partial charge on any atom is 0.305 e. The molecule has 236 valence electrons. The monoisotopic (exact) mass is 565 g/mol. The van der Waals surface area contributed by atoms with E-state index in [1.165, 1.54) is 148 Å². The quantitative estimate of drug-likeness (QED) is 0.0489. The molecule has 0 aliphatic heterocycles. The smallest absolute Gasteiger partial charge is 0.305 e. The fourth-order valence-corrected chi connectivity index (χ4v) is 5.26. The molecule has 0 amide bonds. The van der Waals surface area contributed by atoms with Crippen LogP contribution >= 0.6 is 0 Å². The zero-order chi connectivity index (χ0) is 29.2. The molecule has 0 rings (SSSR count). The molecular formula is C36H68O4. The van der Waals surface area contributed by atoms with Gasteiger partial charge in [0.25, 0.3) is 0 Å². The Hall–Kier alpha value is -1.32. The second-order valence-electron chi connectivity index (χ2n) is 12.0. The SMILES string of the molecule is CCCC/C=C\CCCCCCCC(=O)OCCCCCCCCCCCCCCCCCCCCCC(=O)O. The zero-order valence-electron chi connectivity index (χ0n) is 26.7. The van der Waals surface area contributed by atoms with E-state index in [1.54, 1.807) is 0 Å². The van der Waals surface area contributed by atoms with Gasteiger partial charge in [-0.05, 0) is 38.5 Å². The largest absolute Gasteiger partial charge is 0.481 e. The average molecular weight is 565 g/mol. The highest BCUT2D eigenvalue weighted by molar-refractivity contribution is 5.69. The molecule has 4 nitrogen and oxygen atoms in total. The van der Waals surface area contributed by atoms with Crippen LogP contribution in [0.3, 0.4) is 0 Å². The Morgan fingerprint density at radius 3 is 1.25 bits per heavy atom. The fourth-order valence-electron chi connectivity index (χ4n) is 5.26. The van der Waals surface area contributed by atoms with Gasteiger partial charge in [-0.25, -0.2) is 0 Å². The molecule has 0 saturated carbocycles. The molecule has 0 aromatic carbocycles. The third-order valence-electron chi connectivity index (χ3n) is 7.94. The van der Waals surface area contributed by atoms with E-state index < -0.39 is 5.97 Å². The number of carboxylic acids is 1. The number of ether oxygens (including phenoxy) is 1. The molecule has 0 unspecified atom stereocenters. The van der Waals surface area contributed by atoms with Gasteiger partial charge in [-0.2, -0.15) is 0 Å². The maximum atomic E-state index is 11.9. The van der Waals surface area contributed by atoms with Crippen molar-refractivity contribution in [3.05, 3.63) is 12.2 Å². The normalized spacial score (nSPS) is 11.4. The van der Waals surface area contributed by atoms with Crippen LogP contribution in [0, 0.1) is 0 Å². The first kappa shape index (κ1) is 38.7. The lowest BCUT2D eigenvalue weighted by molar-refractivity contribution is -0.144. The summed E-state index contributed by atoms with van der Waals surface area (Å²) in [6.45, 7) is 2.85. The number of carbonyl (C=O) groups is 2. The third-order valence-corrected chi connectivity index (χ3v) is 7.94. The third kappa shape index (κ3) is 34.7. The number of carboxylic acid groups (broad SMARTS) is 1. The second kappa shape index (κ2) is 33.9. The Kier molecular flexibility index (Phi) is 32.8. The standard InChI is InChI=1S/C36H68O4/c1-2-3-4-5-6-7-17-21-24-27-30-33-36(39)40-34-31-28-25-22-19-16-14-12-10-8-9-11-13-15-18-20-23-26-29-32-35(37)38/h5-6H,2-4,7-34H2,1H3,(H,37,38)/b6-5-. The van der Waals surface area contributed by atoms with Crippen LogP contribution in [0.5, 0.6) is 0 Å². The Morgan fingerprint density at radius 2 is 0.825 bits per heavy atom. The van der Waals surface area contributed by atoms with Gasteiger partial charge in [-0.1, -0.05) is 160 Å². The number of aliphatic carboxylic acids is 1. The summed E-state index contributed by atoms with van der Waals surface area (Å²) in [4.78, 5) is 22.3. The van der Waals surface area contributed by atoms with Crippen molar-refractivity contribution < 1.29 is 19.4 Å². The number of hydrogen-bond acceptors (Lipinski definition) is 3. The molecule has 0 radical (unpaired) electrons. The lowest BCUT2D eigenvalue weighted by atomic mass is 10.0. The van der Waals surface area contributed by atoms with Gasteiger partial charge in [0.1, 0.15) is 0 Å². The summed E-state index contributed by atoms with van der Waals surface area (Å²) >= 11 is 0. The topological polar surface area (TPSA) is 63.6 Å². The minimum absolute atomic E-state index is 0.000540. The van der Waals surface area contributed by atoms with E-state index >= 15 is 0 Å². The molecule has 0 aromatic heterocycles. The van der Waals surface area contributed by atoms with Crippen LogP contribution in [0.2, 0.25) is 0 Å². The van der Waals surface area contributed by atoms with Gasteiger partial charge in [-0.15, -0.1) is 0 Å². The van der Waals surface area contributed by atoms with Gasteiger partial charge in [-0.3, -0.25) is 9.59 Å². The van der Waals surface area contributed by atoms with Crippen molar-refractivity contribution >= 4 is 11.9 Å². The average Bonchev–Trinajstić information content (AvgIpc) is 2.94. The van der Waals surface area contributed by atoms with Crippen molar-refractivity contribution in [2.45, 2.75) is 200 Å². The number of rotatable bonds is 33. The van der Waals surface area contributed by atoms with Crippen LogP contribution in [0.1, 0.15) is 200 Å². The number of esters is 1. The number of allylic oxidation sites excluding steroid dienone is 2. The Labute approximate surface area is 249 Å². The van der Waals surface area contributed by atoms with Gasteiger partial charge in [0, 0.05) is 12.8 Å². The lowest BCUT2D eigenvalue weighted by Crippen LogP contribution is -2.05. The molecule has 0 aromatic rings. The van der Waals surface area contributed by atoms with Gasteiger partial charge in [0.15, 0.2) is 0 Å². The van der Waals surface area contributed by atoms with E-state index in [0.29, 0.717) is 19.4 Å². The Bertz CT molecular complexity index is 557. The van der Waals surface area contributed by atoms with Gasteiger partial charge < -0.3 is 9.84 Å². The number of unbranched alkanes of at least 4 members (excludes halogenated alkanes) is 25. The number of carbonyl (C=O) groups excluding carboxylic acids is 1. The van der Waals surface area contributed by atoms with Crippen molar-refractivity contribution in [3.63, 3.8) is 0 Å². The summed E-state index contributed by atoms with van der Waals surface area (Å²) in [6.07, 6.45) is 40.8. The summed E-state index contributed by atoms with van der Waals surface area (Å²) in [6, 6.07) is 0. The van der Waals surface area contributed by atoms with Crippen molar-refractivity contribution in [1.82, 2.24) is 0 Å². The molecule has 0 fully saturated rings. The van der Waals surface area contributed by atoms with Crippen molar-refractivity contribution in [1.29, 1.82) is 0 Å². The molecule has 0 heterocycles. The molecule has 40 heavy (non-hydrogen) atoms. The van der Waals surface area contributed by atoms with Crippen molar-refractivity contribution in [2.75, 3.05) is 6.61 Å². The first-order valence-electron chi connectivity index (χ1n) is 17.7. The van der Waals surface area contributed by atoms with Gasteiger partial charge in [0.05, 0.1) is 6.61 Å². The number of hydrogen-bond donors (Lipinski definition) is 1. The van der Waals surface area contributed by atoms with Crippen molar-refractivity contribution in [3.8, 4) is 0 Å². The van der Waals surface area contributed by atoms with Crippen molar-refractivity contribution in [2.24, 2.45) is 0 Å². The summed E-state index contributed by atoms with van der Waals surface area (Å²) in [5.41, 5.74) is 0. The molecule has 0 aliphatic rings. The van der Waals surface area contributed by atoms with Crippen LogP contribution in [0.4, 0.5) is 0 Å². The Morgan fingerprint density at radius 1 is 0.475 bits per heavy atom. The van der Waals surface area contributed by atoms with Crippen LogP contribution in [-0.4, -0.2) is 23.7 Å². The lowest BCUT2D eigenvalue weighted by Gasteiger charge is -2.06. The highest BCUT2D eigenvalue weighted by Crippen LogP contribution is 2.15.